The van der Waals surface area contributed by atoms with Gasteiger partial charge < -0.3 is 14.8 Å². The van der Waals surface area contributed by atoms with Crippen LogP contribution in [-0.4, -0.2) is 46.5 Å². The van der Waals surface area contributed by atoms with Gasteiger partial charge in [-0.2, -0.15) is 0 Å². The number of amides is 1. The highest BCUT2D eigenvalue weighted by Gasteiger charge is 2.26. The smallest absolute Gasteiger partial charge is 0.253 e. The van der Waals surface area contributed by atoms with Gasteiger partial charge in [0.05, 0.1) is 17.4 Å². The Morgan fingerprint density at radius 3 is 2.70 bits per heavy atom. The number of likely N-dealkylation sites (tertiary alicyclic amines) is 1. The van der Waals surface area contributed by atoms with E-state index in [0.29, 0.717) is 12.1 Å². The van der Waals surface area contributed by atoms with Crippen LogP contribution in [0.4, 0.5) is 0 Å². The fraction of sp³-hybridized carbons (Fsp3) is 0.500. The maximum atomic E-state index is 12.6. The van der Waals surface area contributed by atoms with Crippen LogP contribution >= 0.6 is 24.8 Å². The van der Waals surface area contributed by atoms with E-state index in [1.54, 1.807) is 0 Å². The number of hydrogen-bond donors (Lipinski definition) is 1. The molecular formula is C16H24Cl2N4O. The van der Waals surface area contributed by atoms with Crippen molar-refractivity contribution in [3.05, 3.63) is 30.1 Å². The molecule has 1 aromatic carbocycles. The van der Waals surface area contributed by atoms with Crippen molar-refractivity contribution in [1.82, 2.24) is 19.8 Å². The van der Waals surface area contributed by atoms with Crippen LogP contribution in [0.3, 0.4) is 0 Å². The molecular weight excluding hydrogens is 335 g/mol. The fourth-order valence-corrected chi connectivity index (χ4v) is 2.94. The Balaban J connectivity index is 0.00000132. The molecule has 5 nitrogen and oxygen atoms in total. The van der Waals surface area contributed by atoms with Gasteiger partial charge in [-0.05, 0) is 45.5 Å². The van der Waals surface area contributed by atoms with E-state index in [9.17, 15) is 4.79 Å². The summed E-state index contributed by atoms with van der Waals surface area (Å²) in [4.78, 5) is 18.9. The van der Waals surface area contributed by atoms with Gasteiger partial charge in [-0.3, -0.25) is 4.79 Å². The third-order valence-corrected chi connectivity index (χ3v) is 4.26. The highest BCUT2D eigenvalue weighted by molar-refractivity contribution is 5.97. The number of fused-ring (bicyclic) bond motifs is 1. The van der Waals surface area contributed by atoms with Gasteiger partial charge in [-0.25, -0.2) is 4.98 Å². The van der Waals surface area contributed by atoms with Crippen molar-refractivity contribution in [3.63, 3.8) is 0 Å². The predicted octanol–water partition coefficient (Wildman–Crippen LogP) is 2.89. The van der Waals surface area contributed by atoms with Crippen molar-refractivity contribution in [2.75, 3.05) is 20.1 Å². The lowest BCUT2D eigenvalue weighted by Crippen LogP contribution is -2.33. The zero-order chi connectivity index (χ0) is 15.0. The molecule has 1 saturated heterocycles. The normalized spacial score (nSPS) is 17.2. The minimum Gasteiger partial charge on any atom is -0.337 e. The molecule has 1 amide bonds. The molecule has 23 heavy (non-hydrogen) atoms. The van der Waals surface area contributed by atoms with Gasteiger partial charge in [0.2, 0.25) is 0 Å². The number of aromatic nitrogens is 2. The van der Waals surface area contributed by atoms with E-state index in [0.717, 1.165) is 36.1 Å². The van der Waals surface area contributed by atoms with Crippen molar-refractivity contribution in [1.29, 1.82) is 0 Å². The molecule has 2 aromatic rings. The standard InChI is InChI=1S/C16H22N4O.2ClH/c1-11(2)20-10-18-14-8-12(4-5-15(14)20)16(21)19-7-6-13(9-19)17-3;;/h4-5,8,10-11,13,17H,6-7,9H2,1-3H3;2*1H. The summed E-state index contributed by atoms with van der Waals surface area (Å²) in [5.74, 6) is 0.105. The number of carbonyl (C=O) groups excluding carboxylic acids is 1. The average molecular weight is 359 g/mol. The quantitative estimate of drug-likeness (QED) is 0.917. The molecule has 0 bridgehead atoms. The summed E-state index contributed by atoms with van der Waals surface area (Å²) in [5, 5.41) is 3.24. The van der Waals surface area contributed by atoms with Crippen molar-refractivity contribution in [2.24, 2.45) is 0 Å². The molecule has 1 unspecified atom stereocenters. The zero-order valence-corrected chi connectivity index (χ0v) is 15.3. The van der Waals surface area contributed by atoms with Gasteiger partial charge in [0.15, 0.2) is 0 Å². The number of nitrogens with zero attached hydrogens (tertiary/aromatic N) is 3. The molecule has 0 radical (unpaired) electrons. The minimum atomic E-state index is 0. The predicted molar refractivity (Wildman–Crippen MR) is 98.0 cm³/mol. The first-order valence-electron chi connectivity index (χ1n) is 7.53. The number of carbonyl (C=O) groups is 1. The summed E-state index contributed by atoms with van der Waals surface area (Å²) < 4.78 is 2.12. The minimum absolute atomic E-state index is 0. The number of halogens is 2. The topological polar surface area (TPSA) is 50.2 Å². The maximum absolute atomic E-state index is 12.6. The van der Waals surface area contributed by atoms with Gasteiger partial charge >= 0.3 is 0 Å². The van der Waals surface area contributed by atoms with E-state index in [4.69, 9.17) is 0 Å². The Hall–Kier alpha value is -1.30. The number of benzene rings is 1. The van der Waals surface area contributed by atoms with Crippen LogP contribution in [0.25, 0.3) is 11.0 Å². The summed E-state index contributed by atoms with van der Waals surface area (Å²) in [6.07, 6.45) is 2.86. The molecule has 1 aliphatic rings. The first-order chi connectivity index (χ1) is 10.1. The molecule has 0 spiro atoms. The van der Waals surface area contributed by atoms with Gasteiger partial charge in [-0.15, -0.1) is 24.8 Å². The molecule has 1 aliphatic heterocycles. The molecule has 3 rings (SSSR count). The molecule has 1 N–H and O–H groups in total. The molecule has 0 aliphatic carbocycles. The third kappa shape index (κ3) is 3.79. The van der Waals surface area contributed by atoms with Gasteiger partial charge in [-0.1, -0.05) is 0 Å². The molecule has 128 valence electrons. The van der Waals surface area contributed by atoms with Gasteiger partial charge in [0.25, 0.3) is 5.91 Å². The molecule has 1 fully saturated rings. The van der Waals surface area contributed by atoms with Crippen LogP contribution in [0.15, 0.2) is 24.5 Å². The van der Waals surface area contributed by atoms with Crippen LogP contribution in [0.1, 0.15) is 36.7 Å². The number of hydrogen-bond acceptors (Lipinski definition) is 3. The number of likely N-dealkylation sites (N-methyl/N-ethyl adjacent to an activating group) is 1. The zero-order valence-electron chi connectivity index (χ0n) is 13.7. The summed E-state index contributed by atoms with van der Waals surface area (Å²) in [6.45, 7) is 5.86. The second-order valence-electron chi connectivity index (χ2n) is 5.97. The monoisotopic (exact) mass is 358 g/mol. The van der Waals surface area contributed by atoms with Crippen LogP contribution in [-0.2, 0) is 0 Å². The number of rotatable bonds is 3. The lowest BCUT2D eigenvalue weighted by molar-refractivity contribution is 0.0790. The van der Waals surface area contributed by atoms with Crippen LogP contribution < -0.4 is 5.32 Å². The Morgan fingerprint density at radius 1 is 1.35 bits per heavy atom. The van der Waals surface area contributed by atoms with E-state index < -0.39 is 0 Å². The highest BCUT2D eigenvalue weighted by atomic mass is 35.5. The summed E-state index contributed by atoms with van der Waals surface area (Å²) in [7, 11) is 1.95. The van der Waals surface area contributed by atoms with Crippen molar-refractivity contribution < 1.29 is 4.79 Å². The second kappa shape index (κ2) is 7.99. The second-order valence-corrected chi connectivity index (χ2v) is 5.97. The molecule has 1 aromatic heterocycles. The SMILES string of the molecule is CNC1CCN(C(=O)c2ccc3c(c2)ncn3C(C)C)C1.Cl.Cl. The highest BCUT2D eigenvalue weighted by Crippen LogP contribution is 2.21. The van der Waals surface area contributed by atoms with E-state index in [-0.39, 0.29) is 30.7 Å². The van der Waals surface area contributed by atoms with E-state index in [1.165, 1.54) is 0 Å². The Morgan fingerprint density at radius 2 is 2.09 bits per heavy atom. The van der Waals surface area contributed by atoms with E-state index in [1.807, 2.05) is 36.5 Å². The lowest BCUT2D eigenvalue weighted by atomic mass is 10.1. The van der Waals surface area contributed by atoms with Crippen molar-refractivity contribution in [3.8, 4) is 0 Å². The molecule has 1 atom stereocenters. The van der Waals surface area contributed by atoms with Gasteiger partial charge in [0, 0.05) is 30.7 Å². The van der Waals surface area contributed by atoms with E-state index in [2.05, 4.69) is 28.7 Å². The first-order valence-corrected chi connectivity index (χ1v) is 7.53. The Labute approximate surface area is 149 Å². The van der Waals surface area contributed by atoms with Crippen molar-refractivity contribution in [2.45, 2.75) is 32.4 Å². The summed E-state index contributed by atoms with van der Waals surface area (Å²) in [6, 6.07) is 6.60. The number of nitrogens with one attached hydrogen (secondary N) is 1. The molecule has 0 saturated carbocycles. The summed E-state index contributed by atoms with van der Waals surface area (Å²) >= 11 is 0. The fourth-order valence-electron chi connectivity index (χ4n) is 2.94. The molecule has 7 heteroatoms. The largest absolute Gasteiger partial charge is 0.337 e. The number of imidazole rings is 1. The Kier molecular flexibility index (Phi) is 6.86. The summed E-state index contributed by atoms with van der Waals surface area (Å²) in [5.41, 5.74) is 2.70. The van der Waals surface area contributed by atoms with Crippen molar-refractivity contribution >= 4 is 41.8 Å². The van der Waals surface area contributed by atoms with Crippen LogP contribution in [0.2, 0.25) is 0 Å². The lowest BCUT2D eigenvalue weighted by Gasteiger charge is -2.16. The Bertz CT molecular complexity index is 671. The van der Waals surface area contributed by atoms with Gasteiger partial charge in [0.1, 0.15) is 0 Å². The van der Waals surface area contributed by atoms with Crippen LogP contribution in [0.5, 0.6) is 0 Å². The first kappa shape index (κ1) is 19.7. The third-order valence-electron chi connectivity index (χ3n) is 4.26. The van der Waals surface area contributed by atoms with E-state index >= 15 is 0 Å². The van der Waals surface area contributed by atoms with Crippen LogP contribution in [0, 0.1) is 0 Å². The average Bonchev–Trinajstić information content (AvgIpc) is 3.12. The maximum Gasteiger partial charge on any atom is 0.253 e. The molecule has 2 heterocycles.